The van der Waals surface area contributed by atoms with E-state index in [0.29, 0.717) is 0 Å². The van der Waals surface area contributed by atoms with E-state index >= 15 is 0 Å². The Morgan fingerprint density at radius 3 is 1.95 bits per heavy atom. The Morgan fingerprint density at radius 1 is 0.955 bits per heavy atom. The summed E-state index contributed by atoms with van der Waals surface area (Å²) in [5, 5.41) is 0. The second-order valence-electron chi connectivity index (χ2n) is 5.22. The van der Waals surface area contributed by atoms with Crippen LogP contribution in [-0.2, 0) is 19.1 Å². The Labute approximate surface area is 129 Å². The van der Waals surface area contributed by atoms with Gasteiger partial charge in [-0.3, -0.25) is 9.59 Å². The predicted molar refractivity (Wildman–Crippen MR) is 75.2 cm³/mol. The van der Waals surface area contributed by atoms with Gasteiger partial charge in [0, 0.05) is 0 Å². The van der Waals surface area contributed by atoms with Gasteiger partial charge in [0.2, 0.25) is 0 Å². The molecule has 0 aromatic rings. The van der Waals surface area contributed by atoms with Crippen LogP contribution in [-0.4, -0.2) is 30.3 Å². The number of carbonyl (C=O) groups excluding carboxylic acids is 2. The molecule has 0 N–H and O–H groups in total. The van der Waals surface area contributed by atoms with Crippen molar-refractivity contribution in [2.24, 2.45) is 0 Å². The van der Waals surface area contributed by atoms with Crippen LogP contribution in [0.4, 0.5) is 13.2 Å². The summed E-state index contributed by atoms with van der Waals surface area (Å²) in [5.74, 6) is -1.63. The van der Waals surface area contributed by atoms with Crippen LogP contribution in [0.15, 0.2) is 0 Å². The number of halogens is 3. The summed E-state index contributed by atoms with van der Waals surface area (Å²) >= 11 is 0. The zero-order chi connectivity index (χ0) is 17.2. The molecule has 0 fully saturated rings. The standard InChI is InChI=1S/C15H25F3O4/c1-4-6-8-12(7-5-2)22-14(20)10-9-13(19)21-11(3)15(16,17)18/h11-12H,4-10H2,1-3H3. The van der Waals surface area contributed by atoms with Crippen molar-refractivity contribution in [2.45, 2.75) is 84.1 Å². The van der Waals surface area contributed by atoms with Crippen molar-refractivity contribution in [1.29, 1.82) is 0 Å². The van der Waals surface area contributed by atoms with E-state index in [4.69, 9.17) is 4.74 Å². The lowest BCUT2D eigenvalue weighted by Crippen LogP contribution is -2.31. The molecule has 0 spiro atoms. The molecule has 7 heteroatoms. The van der Waals surface area contributed by atoms with Gasteiger partial charge in [0.05, 0.1) is 12.8 Å². The molecule has 0 aromatic heterocycles. The van der Waals surface area contributed by atoms with Crippen LogP contribution in [0.3, 0.4) is 0 Å². The van der Waals surface area contributed by atoms with Crippen LogP contribution in [0.1, 0.15) is 65.7 Å². The van der Waals surface area contributed by atoms with Crippen LogP contribution in [0.25, 0.3) is 0 Å². The summed E-state index contributed by atoms with van der Waals surface area (Å²) in [6.45, 7) is 4.75. The highest BCUT2D eigenvalue weighted by Crippen LogP contribution is 2.22. The quantitative estimate of drug-likeness (QED) is 0.566. The number of esters is 2. The lowest BCUT2D eigenvalue weighted by molar-refractivity contribution is -0.216. The summed E-state index contributed by atoms with van der Waals surface area (Å²) in [6.07, 6.45) is -3.36. The molecule has 2 atom stereocenters. The van der Waals surface area contributed by atoms with Gasteiger partial charge in [0.15, 0.2) is 6.10 Å². The van der Waals surface area contributed by atoms with Gasteiger partial charge in [-0.1, -0.05) is 33.1 Å². The first-order valence-electron chi connectivity index (χ1n) is 7.66. The molecular formula is C15H25F3O4. The third-order valence-electron chi connectivity index (χ3n) is 3.09. The minimum atomic E-state index is -4.59. The van der Waals surface area contributed by atoms with Crippen molar-refractivity contribution >= 4 is 11.9 Å². The molecule has 0 rings (SSSR count). The highest BCUT2D eigenvalue weighted by Gasteiger charge is 2.39. The maximum atomic E-state index is 12.2. The van der Waals surface area contributed by atoms with Crippen molar-refractivity contribution in [3.05, 3.63) is 0 Å². The van der Waals surface area contributed by atoms with E-state index in [0.717, 1.165) is 39.0 Å². The minimum Gasteiger partial charge on any atom is -0.462 e. The molecular weight excluding hydrogens is 301 g/mol. The molecule has 130 valence electrons. The molecule has 0 aromatic carbocycles. The molecule has 0 saturated heterocycles. The molecule has 22 heavy (non-hydrogen) atoms. The number of ether oxygens (including phenoxy) is 2. The topological polar surface area (TPSA) is 52.6 Å². The van der Waals surface area contributed by atoms with Crippen LogP contribution in [0, 0.1) is 0 Å². The SMILES string of the molecule is CCCCC(CCC)OC(=O)CCC(=O)OC(C)C(F)(F)F. The normalized spacial score (nSPS) is 14.3. The fraction of sp³-hybridized carbons (Fsp3) is 0.867. The number of rotatable bonds is 10. The van der Waals surface area contributed by atoms with Gasteiger partial charge in [0.1, 0.15) is 6.10 Å². The summed E-state index contributed by atoms with van der Waals surface area (Å²) in [5.41, 5.74) is 0. The van der Waals surface area contributed by atoms with E-state index in [1.54, 1.807) is 0 Å². The third kappa shape index (κ3) is 9.63. The van der Waals surface area contributed by atoms with Crippen molar-refractivity contribution in [1.82, 2.24) is 0 Å². The van der Waals surface area contributed by atoms with Crippen LogP contribution < -0.4 is 0 Å². The van der Waals surface area contributed by atoms with E-state index < -0.39 is 30.6 Å². The van der Waals surface area contributed by atoms with Crippen LogP contribution >= 0.6 is 0 Å². The largest absolute Gasteiger partial charge is 0.462 e. The predicted octanol–water partition coefficient (Wildman–Crippen LogP) is 4.16. The summed E-state index contributed by atoms with van der Waals surface area (Å²) in [4.78, 5) is 22.9. The van der Waals surface area contributed by atoms with Crippen molar-refractivity contribution < 1.29 is 32.2 Å². The average molecular weight is 326 g/mol. The minimum absolute atomic E-state index is 0.192. The molecule has 0 heterocycles. The van der Waals surface area contributed by atoms with Gasteiger partial charge in [-0.2, -0.15) is 13.2 Å². The fourth-order valence-corrected chi connectivity index (χ4v) is 1.79. The second kappa shape index (κ2) is 10.5. The lowest BCUT2D eigenvalue weighted by Gasteiger charge is -2.18. The zero-order valence-electron chi connectivity index (χ0n) is 13.4. The van der Waals surface area contributed by atoms with E-state index in [1.807, 2.05) is 13.8 Å². The smallest absolute Gasteiger partial charge is 0.425 e. The first kappa shape index (κ1) is 20.7. The highest BCUT2D eigenvalue weighted by atomic mass is 19.4. The van der Waals surface area contributed by atoms with Crippen molar-refractivity contribution in [3.63, 3.8) is 0 Å². The Hall–Kier alpha value is -1.27. The van der Waals surface area contributed by atoms with Crippen molar-refractivity contribution in [3.8, 4) is 0 Å². The average Bonchev–Trinajstić information content (AvgIpc) is 2.41. The molecule has 4 nitrogen and oxygen atoms in total. The third-order valence-corrected chi connectivity index (χ3v) is 3.09. The number of unbranched alkanes of at least 4 members (excludes halogenated alkanes) is 1. The van der Waals surface area contributed by atoms with E-state index in [1.165, 1.54) is 0 Å². The summed E-state index contributed by atoms with van der Waals surface area (Å²) in [6, 6.07) is 0. The molecule has 0 aliphatic heterocycles. The Bertz CT molecular complexity index is 342. The zero-order valence-corrected chi connectivity index (χ0v) is 13.4. The molecule has 0 bridgehead atoms. The molecule has 2 unspecified atom stereocenters. The highest BCUT2D eigenvalue weighted by molar-refractivity contribution is 5.77. The fourth-order valence-electron chi connectivity index (χ4n) is 1.79. The van der Waals surface area contributed by atoms with Crippen LogP contribution in [0.2, 0.25) is 0 Å². The summed E-state index contributed by atoms with van der Waals surface area (Å²) < 4.78 is 46.1. The van der Waals surface area contributed by atoms with Gasteiger partial charge in [0.25, 0.3) is 0 Å². The maximum Gasteiger partial charge on any atom is 0.425 e. The Balaban J connectivity index is 4.12. The monoisotopic (exact) mass is 326 g/mol. The van der Waals surface area contributed by atoms with Crippen LogP contribution in [0.5, 0.6) is 0 Å². The van der Waals surface area contributed by atoms with Gasteiger partial charge >= 0.3 is 18.1 Å². The number of hydrogen-bond donors (Lipinski definition) is 0. The number of alkyl halides is 3. The molecule has 0 radical (unpaired) electrons. The lowest BCUT2D eigenvalue weighted by atomic mass is 10.1. The number of carbonyl (C=O) groups is 2. The van der Waals surface area contributed by atoms with E-state index in [9.17, 15) is 22.8 Å². The van der Waals surface area contributed by atoms with E-state index in [-0.39, 0.29) is 12.5 Å². The summed E-state index contributed by atoms with van der Waals surface area (Å²) in [7, 11) is 0. The molecule has 0 aliphatic rings. The van der Waals surface area contributed by atoms with Gasteiger partial charge < -0.3 is 9.47 Å². The maximum absolute atomic E-state index is 12.2. The van der Waals surface area contributed by atoms with Crippen molar-refractivity contribution in [2.75, 3.05) is 0 Å². The Morgan fingerprint density at radius 2 is 1.50 bits per heavy atom. The Kier molecular flexibility index (Phi) is 9.85. The molecule has 0 saturated carbocycles. The number of hydrogen-bond acceptors (Lipinski definition) is 4. The molecule has 0 amide bonds. The first-order chi connectivity index (χ1) is 10.2. The van der Waals surface area contributed by atoms with Gasteiger partial charge in [-0.15, -0.1) is 0 Å². The van der Waals surface area contributed by atoms with Gasteiger partial charge in [-0.05, 0) is 19.8 Å². The van der Waals surface area contributed by atoms with E-state index in [2.05, 4.69) is 4.74 Å². The van der Waals surface area contributed by atoms with Gasteiger partial charge in [-0.25, -0.2) is 0 Å². The second-order valence-corrected chi connectivity index (χ2v) is 5.22. The molecule has 0 aliphatic carbocycles. The first-order valence-corrected chi connectivity index (χ1v) is 7.66.